The molecule has 0 unspecified atom stereocenters. The smallest absolute Gasteiger partial charge is 0.0562 e. The molecule has 0 aromatic heterocycles. The lowest BCUT2D eigenvalue weighted by molar-refractivity contribution is 1.17. The van der Waals surface area contributed by atoms with Gasteiger partial charge >= 0.3 is 0 Å². The van der Waals surface area contributed by atoms with Crippen molar-refractivity contribution in [2.45, 2.75) is 111 Å². The first-order valence-electron chi connectivity index (χ1n) is 29.9. The molecule has 84 heavy (non-hydrogen) atoms. The number of rotatable bonds is 12. The van der Waals surface area contributed by atoms with Crippen LogP contribution in [0.1, 0.15) is 89.0 Å². The summed E-state index contributed by atoms with van der Waals surface area (Å²) in [6, 6.07) is 69.1. The maximum atomic E-state index is 2.62. The van der Waals surface area contributed by atoms with Gasteiger partial charge in [0, 0.05) is 32.3 Å². The highest BCUT2D eigenvalue weighted by Crippen LogP contribution is 2.58. The third-order valence-electron chi connectivity index (χ3n) is 18.1. The van der Waals surface area contributed by atoms with Crippen LogP contribution in [0, 0.1) is 111 Å². The van der Waals surface area contributed by atoms with Crippen molar-refractivity contribution in [3.05, 3.63) is 271 Å². The van der Waals surface area contributed by atoms with Crippen molar-refractivity contribution in [2.75, 3.05) is 19.6 Å². The summed E-state index contributed by atoms with van der Waals surface area (Å²) < 4.78 is 0. The molecule has 0 aliphatic rings. The average Bonchev–Trinajstić information content (AvgIpc) is 1.34. The van der Waals surface area contributed by atoms with Gasteiger partial charge in [0.1, 0.15) is 0 Å². The molecule has 12 aromatic carbocycles. The van der Waals surface area contributed by atoms with E-state index in [1.165, 1.54) is 167 Å². The zero-order valence-electron chi connectivity index (χ0n) is 52.1. The first kappa shape index (κ1) is 55.4. The number of benzene rings is 12. The minimum Gasteiger partial charge on any atom is -0.309 e. The Balaban J connectivity index is 1.39. The second kappa shape index (κ2) is 21.6. The molecule has 0 saturated heterocycles. The number of nitrogens with zero attached hydrogens (tertiary/aromatic N) is 4. The quantitative estimate of drug-likeness (QED) is 0.113. The van der Waals surface area contributed by atoms with Crippen LogP contribution in [-0.4, -0.2) is 0 Å². The summed E-state index contributed by atoms with van der Waals surface area (Å²) in [5.74, 6) is 0. The molecule has 0 N–H and O–H groups in total. The van der Waals surface area contributed by atoms with E-state index < -0.39 is 0 Å². The van der Waals surface area contributed by atoms with Gasteiger partial charge in [-0.25, -0.2) is 0 Å². The van der Waals surface area contributed by atoms with Crippen LogP contribution in [0.15, 0.2) is 182 Å². The van der Waals surface area contributed by atoms with Crippen LogP contribution in [-0.2, 0) is 0 Å². The minimum atomic E-state index is 1.12. The SMILES string of the molecule is Cc1cccc(C)c1N(c1c(C)cccc1C)c1cc(N(c2c(C)cccc2C)c2c(C)cccc2C)c2ccc3c(N(c4c(C)cccc4C)c4c(C)cccc4C)cc(N(c4c(C)cccc4C)c4c(C)cccc4C)c4ccc1c2c43. The van der Waals surface area contributed by atoms with Gasteiger partial charge in [-0.2, -0.15) is 0 Å². The first-order valence-corrected chi connectivity index (χ1v) is 29.9. The molecule has 0 aliphatic carbocycles. The van der Waals surface area contributed by atoms with E-state index in [1.54, 1.807) is 0 Å². The summed E-state index contributed by atoms with van der Waals surface area (Å²) in [7, 11) is 0. The molecular formula is C80H78N4. The van der Waals surface area contributed by atoms with E-state index in [4.69, 9.17) is 0 Å². The Morgan fingerprint density at radius 3 is 0.405 bits per heavy atom. The molecule has 4 heteroatoms. The highest BCUT2D eigenvalue weighted by molar-refractivity contribution is 6.33. The van der Waals surface area contributed by atoms with Gasteiger partial charge in [0.15, 0.2) is 0 Å². The average molecular weight is 1100 g/mol. The highest BCUT2D eigenvalue weighted by atomic mass is 15.2. The van der Waals surface area contributed by atoms with Crippen LogP contribution in [0.5, 0.6) is 0 Å². The van der Waals surface area contributed by atoms with E-state index in [0.29, 0.717) is 0 Å². The molecular weight excluding hydrogens is 1020 g/mol. The molecule has 418 valence electrons. The number of hydrogen-bond donors (Lipinski definition) is 0. The summed E-state index contributed by atoms with van der Waals surface area (Å²) in [4.78, 5) is 10.5. The Morgan fingerprint density at radius 1 is 0.167 bits per heavy atom. The standard InChI is InChI=1S/C80H78N4/c1-47-25-17-26-48(2)73(47)81(74-49(3)27-18-28-50(74)4)67-45-68(82(75-51(5)29-19-30-52(75)6)76-53(7)31-20-32-54(76)8)64-43-44-66-70(84(79-59(13)37-23-38-60(79)14)80-61(15)39-24-40-62(80)16)46-69(65-42-41-63(67)71(64)72(65)66)83(77-55(9)33-21-34-56(77)10)78-57(11)35-22-36-58(78)12/h17-46H,1-16H3. The fourth-order valence-corrected chi connectivity index (χ4v) is 14.3. The van der Waals surface area contributed by atoms with Gasteiger partial charge in [0.25, 0.3) is 0 Å². The third-order valence-corrected chi connectivity index (χ3v) is 18.1. The normalized spacial score (nSPS) is 11.6. The van der Waals surface area contributed by atoms with E-state index in [1.807, 2.05) is 0 Å². The molecule has 0 atom stereocenters. The van der Waals surface area contributed by atoms with Crippen LogP contribution in [0.25, 0.3) is 32.3 Å². The lowest BCUT2D eigenvalue weighted by Gasteiger charge is -2.38. The van der Waals surface area contributed by atoms with Gasteiger partial charge in [-0.3, -0.25) is 0 Å². The van der Waals surface area contributed by atoms with Crippen LogP contribution in [0.3, 0.4) is 0 Å². The number of para-hydroxylation sites is 8. The molecule has 12 rings (SSSR count). The molecule has 0 amide bonds. The van der Waals surface area contributed by atoms with Gasteiger partial charge in [0.05, 0.1) is 68.2 Å². The summed E-state index contributed by atoms with van der Waals surface area (Å²) in [6.45, 7) is 36.5. The molecule has 0 spiro atoms. The molecule has 12 aromatic rings. The monoisotopic (exact) mass is 1090 g/mol. The van der Waals surface area contributed by atoms with Gasteiger partial charge in [-0.15, -0.1) is 0 Å². The summed E-state index contributed by atoms with van der Waals surface area (Å²) in [5, 5.41) is 7.16. The Kier molecular flexibility index (Phi) is 14.2. The van der Waals surface area contributed by atoms with Crippen LogP contribution in [0.2, 0.25) is 0 Å². The van der Waals surface area contributed by atoms with E-state index in [9.17, 15) is 0 Å². The van der Waals surface area contributed by atoms with Crippen molar-refractivity contribution in [2.24, 2.45) is 0 Å². The zero-order valence-corrected chi connectivity index (χ0v) is 52.1. The predicted octanol–water partition coefficient (Wildman–Crippen LogP) is 23.4. The van der Waals surface area contributed by atoms with Crippen molar-refractivity contribution in [1.82, 2.24) is 0 Å². The molecule has 0 heterocycles. The zero-order chi connectivity index (χ0) is 59.2. The Hall–Kier alpha value is -9.12. The summed E-state index contributed by atoms with van der Waals surface area (Å²) >= 11 is 0. The van der Waals surface area contributed by atoms with Gasteiger partial charge in [-0.05, 0) is 212 Å². The van der Waals surface area contributed by atoms with E-state index in [0.717, 1.165) is 22.7 Å². The largest absolute Gasteiger partial charge is 0.309 e. The van der Waals surface area contributed by atoms with Crippen molar-refractivity contribution in [1.29, 1.82) is 0 Å². The topological polar surface area (TPSA) is 13.0 Å². The van der Waals surface area contributed by atoms with Gasteiger partial charge in [-0.1, -0.05) is 170 Å². The Morgan fingerprint density at radius 2 is 0.286 bits per heavy atom. The number of hydrogen-bond acceptors (Lipinski definition) is 4. The fraction of sp³-hybridized carbons (Fsp3) is 0.200. The second-order valence-corrected chi connectivity index (χ2v) is 24.2. The Labute approximate surface area is 499 Å². The molecule has 0 fully saturated rings. The maximum Gasteiger partial charge on any atom is 0.0562 e. The molecule has 0 aliphatic heterocycles. The van der Waals surface area contributed by atoms with Gasteiger partial charge < -0.3 is 19.6 Å². The molecule has 0 bridgehead atoms. The number of anilines is 12. The van der Waals surface area contributed by atoms with Gasteiger partial charge in [0.2, 0.25) is 0 Å². The molecule has 0 radical (unpaired) electrons. The summed E-state index contributed by atoms with van der Waals surface area (Å²) in [6.07, 6.45) is 0. The first-order chi connectivity index (χ1) is 40.4. The minimum absolute atomic E-state index is 1.12. The number of aryl methyl sites for hydroxylation is 16. The van der Waals surface area contributed by atoms with E-state index in [2.05, 4.69) is 312 Å². The van der Waals surface area contributed by atoms with Crippen LogP contribution >= 0.6 is 0 Å². The Bertz CT molecular complexity index is 3650. The van der Waals surface area contributed by atoms with Crippen LogP contribution < -0.4 is 19.6 Å². The third kappa shape index (κ3) is 8.97. The lowest BCUT2D eigenvalue weighted by atomic mass is 9.87. The predicted molar refractivity (Wildman–Crippen MR) is 365 cm³/mol. The van der Waals surface area contributed by atoms with Crippen molar-refractivity contribution < 1.29 is 0 Å². The maximum absolute atomic E-state index is 2.62. The molecule has 4 nitrogen and oxygen atoms in total. The van der Waals surface area contributed by atoms with Crippen molar-refractivity contribution in [3.63, 3.8) is 0 Å². The molecule has 0 saturated carbocycles. The van der Waals surface area contributed by atoms with Crippen LogP contribution in [0.4, 0.5) is 68.2 Å². The van der Waals surface area contributed by atoms with Crippen molar-refractivity contribution in [3.8, 4) is 0 Å². The summed E-state index contributed by atoms with van der Waals surface area (Å²) in [5.41, 5.74) is 33.4. The fourth-order valence-electron chi connectivity index (χ4n) is 14.3. The lowest BCUT2D eigenvalue weighted by Crippen LogP contribution is -2.20. The van der Waals surface area contributed by atoms with E-state index in [-0.39, 0.29) is 0 Å². The second-order valence-electron chi connectivity index (χ2n) is 24.2. The van der Waals surface area contributed by atoms with E-state index >= 15 is 0 Å². The van der Waals surface area contributed by atoms with Crippen molar-refractivity contribution >= 4 is 101 Å². The highest BCUT2D eigenvalue weighted by Gasteiger charge is 2.33.